The van der Waals surface area contributed by atoms with Crippen molar-refractivity contribution in [1.29, 1.82) is 0 Å². The highest BCUT2D eigenvalue weighted by Crippen LogP contribution is 2.33. The van der Waals surface area contributed by atoms with Gasteiger partial charge in [0.15, 0.2) is 17.3 Å². The third-order valence-corrected chi connectivity index (χ3v) is 7.03. The molecule has 178 valence electrons. The first-order valence-electron chi connectivity index (χ1n) is 12.4. The summed E-state index contributed by atoms with van der Waals surface area (Å²) in [5.74, 6) is 1.72. The highest BCUT2D eigenvalue weighted by atomic mass is 16.5. The van der Waals surface area contributed by atoms with E-state index in [0.717, 1.165) is 71.2 Å². The lowest BCUT2D eigenvalue weighted by molar-refractivity contribution is -0.121. The second kappa shape index (κ2) is 9.92. The fraction of sp³-hybridized carbons (Fsp3) is 0.429. The number of nitrogens with zero attached hydrogens (tertiary/aromatic N) is 1. The Hall–Kier alpha value is -3.28. The largest absolute Gasteiger partial charge is 0.490 e. The van der Waals surface area contributed by atoms with Crippen LogP contribution in [0.25, 0.3) is 10.9 Å². The van der Waals surface area contributed by atoms with Crippen LogP contribution < -0.4 is 14.8 Å². The van der Waals surface area contributed by atoms with Gasteiger partial charge in [0, 0.05) is 41.5 Å². The summed E-state index contributed by atoms with van der Waals surface area (Å²) in [7, 11) is 0. The van der Waals surface area contributed by atoms with Crippen LogP contribution in [-0.4, -0.2) is 29.5 Å². The third kappa shape index (κ3) is 4.67. The number of para-hydroxylation sites is 1. The van der Waals surface area contributed by atoms with E-state index in [9.17, 15) is 9.59 Å². The van der Waals surface area contributed by atoms with Crippen molar-refractivity contribution in [2.45, 2.75) is 58.5 Å². The summed E-state index contributed by atoms with van der Waals surface area (Å²) >= 11 is 0. The Balaban J connectivity index is 1.30. The SMILES string of the molecule is Cc1cc2c(cc1CNC(=O)Cn1cc(C(=O)C3CCCCC3)c3ccccc31)OCCCO2. The van der Waals surface area contributed by atoms with Crippen molar-refractivity contribution in [3.05, 3.63) is 59.3 Å². The van der Waals surface area contributed by atoms with Crippen LogP contribution in [0.4, 0.5) is 0 Å². The molecule has 1 amide bonds. The van der Waals surface area contributed by atoms with Crippen LogP contribution in [0.5, 0.6) is 11.5 Å². The Morgan fingerprint density at radius 3 is 2.53 bits per heavy atom. The number of Topliss-reactive ketones (excluding diaryl/α,β-unsaturated/α-hetero) is 1. The molecule has 1 N–H and O–H groups in total. The molecule has 2 heterocycles. The number of aryl methyl sites for hydroxylation is 1. The maximum atomic E-state index is 13.3. The van der Waals surface area contributed by atoms with Gasteiger partial charge in [0.2, 0.25) is 5.91 Å². The summed E-state index contributed by atoms with van der Waals surface area (Å²) in [6, 6.07) is 11.8. The zero-order chi connectivity index (χ0) is 23.5. The Labute approximate surface area is 200 Å². The molecular formula is C28H32N2O4. The van der Waals surface area contributed by atoms with Gasteiger partial charge >= 0.3 is 0 Å². The second-order valence-corrected chi connectivity index (χ2v) is 9.44. The lowest BCUT2D eigenvalue weighted by Crippen LogP contribution is -2.27. The van der Waals surface area contributed by atoms with Crippen LogP contribution in [0.2, 0.25) is 0 Å². The van der Waals surface area contributed by atoms with Crippen molar-refractivity contribution in [3.63, 3.8) is 0 Å². The molecule has 3 aromatic rings. The van der Waals surface area contributed by atoms with Gasteiger partial charge in [-0.2, -0.15) is 0 Å². The number of amides is 1. The normalized spacial score (nSPS) is 16.3. The minimum Gasteiger partial charge on any atom is -0.490 e. The Kier molecular flexibility index (Phi) is 6.57. The highest BCUT2D eigenvalue weighted by molar-refractivity contribution is 6.09. The molecule has 2 aliphatic rings. The predicted octanol–water partition coefficient (Wildman–Crippen LogP) is 5.19. The first-order chi connectivity index (χ1) is 16.6. The van der Waals surface area contributed by atoms with E-state index in [2.05, 4.69) is 5.32 Å². The molecule has 34 heavy (non-hydrogen) atoms. The second-order valence-electron chi connectivity index (χ2n) is 9.44. The lowest BCUT2D eigenvalue weighted by atomic mass is 9.84. The van der Waals surface area contributed by atoms with E-state index in [1.165, 1.54) is 6.42 Å². The maximum Gasteiger partial charge on any atom is 0.240 e. The number of carbonyl (C=O) groups excluding carboxylic acids is 2. The molecule has 1 aliphatic carbocycles. The molecular weight excluding hydrogens is 428 g/mol. The summed E-state index contributed by atoms with van der Waals surface area (Å²) in [5, 5.41) is 3.97. The van der Waals surface area contributed by atoms with Gasteiger partial charge in [-0.25, -0.2) is 0 Å². The molecule has 0 atom stereocenters. The lowest BCUT2D eigenvalue weighted by Gasteiger charge is -2.19. The van der Waals surface area contributed by atoms with E-state index < -0.39 is 0 Å². The summed E-state index contributed by atoms with van der Waals surface area (Å²) in [4.78, 5) is 26.2. The number of benzene rings is 2. The number of ether oxygens (including phenoxy) is 2. The average molecular weight is 461 g/mol. The van der Waals surface area contributed by atoms with Crippen molar-refractivity contribution in [2.24, 2.45) is 5.92 Å². The van der Waals surface area contributed by atoms with Crippen LogP contribution in [0.3, 0.4) is 0 Å². The quantitative estimate of drug-likeness (QED) is 0.514. The van der Waals surface area contributed by atoms with Gasteiger partial charge in [0.1, 0.15) is 6.54 Å². The van der Waals surface area contributed by atoms with E-state index in [4.69, 9.17) is 9.47 Å². The first-order valence-corrected chi connectivity index (χ1v) is 12.4. The molecule has 0 saturated heterocycles. The molecule has 5 rings (SSSR count). The summed E-state index contributed by atoms with van der Waals surface area (Å²) in [5.41, 5.74) is 3.72. The molecule has 1 aliphatic heterocycles. The molecule has 0 radical (unpaired) electrons. The van der Waals surface area contributed by atoms with Crippen molar-refractivity contribution < 1.29 is 19.1 Å². The minimum atomic E-state index is -0.0936. The van der Waals surface area contributed by atoms with E-state index in [1.807, 2.05) is 54.1 Å². The topological polar surface area (TPSA) is 69.6 Å². The van der Waals surface area contributed by atoms with Crippen LogP contribution in [0.15, 0.2) is 42.6 Å². The van der Waals surface area contributed by atoms with Crippen LogP contribution in [-0.2, 0) is 17.9 Å². The molecule has 0 bridgehead atoms. The predicted molar refractivity (Wildman–Crippen MR) is 131 cm³/mol. The van der Waals surface area contributed by atoms with Crippen LogP contribution in [0, 0.1) is 12.8 Å². The van der Waals surface area contributed by atoms with E-state index in [-0.39, 0.29) is 24.2 Å². The number of hydrogen-bond acceptors (Lipinski definition) is 4. The maximum absolute atomic E-state index is 13.3. The van der Waals surface area contributed by atoms with E-state index in [0.29, 0.717) is 19.8 Å². The van der Waals surface area contributed by atoms with Gasteiger partial charge in [-0.15, -0.1) is 0 Å². The van der Waals surface area contributed by atoms with Gasteiger partial charge in [0.25, 0.3) is 0 Å². The molecule has 0 unspecified atom stereocenters. The molecule has 1 fully saturated rings. The van der Waals surface area contributed by atoms with Gasteiger partial charge in [-0.05, 0) is 49.1 Å². The fourth-order valence-corrected chi connectivity index (χ4v) is 5.11. The number of aromatic nitrogens is 1. The summed E-state index contributed by atoms with van der Waals surface area (Å²) in [6.45, 7) is 3.87. The number of fused-ring (bicyclic) bond motifs is 2. The monoisotopic (exact) mass is 460 g/mol. The van der Waals surface area contributed by atoms with Crippen LogP contribution >= 0.6 is 0 Å². The zero-order valence-electron chi connectivity index (χ0n) is 19.8. The minimum absolute atomic E-state index is 0.0936. The number of nitrogens with one attached hydrogen (secondary N) is 1. The van der Waals surface area contributed by atoms with Gasteiger partial charge in [-0.3, -0.25) is 9.59 Å². The van der Waals surface area contributed by atoms with Crippen LogP contribution in [0.1, 0.15) is 60.0 Å². The van der Waals surface area contributed by atoms with E-state index >= 15 is 0 Å². The molecule has 6 nitrogen and oxygen atoms in total. The van der Waals surface area contributed by atoms with Crippen molar-refractivity contribution in [1.82, 2.24) is 9.88 Å². The zero-order valence-corrected chi connectivity index (χ0v) is 19.8. The Bertz CT molecular complexity index is 1210. The van der Waals surface area contributed by atoms with Crippen molar-refractivity contribution in [3.8, 4) is 11.5 Å². The molecule has 2 aromatic carbocycles. The number of hydrogen-bond donors (Lipinski definition) is 1. The number of rotatable bonds is 6. The average Bonchev–Trinajstić information content (AvgIpc) is 3.06. The molecule has 0 spiro atoms. The summed E-state index contributed by atoms with van der Waals surface area (Å²) < 4.78 is 13.5. The number of ketones is 1. The smallest absolute Gasteiger partial charge is 0.240 e. The van der Waals surface area contributed by atoms with Gasteiger partial charge in [0.05, 0.1) is 13.2 Å². The van der Waals surface area contributed by atoms with Gasteiger partial charge in [-0.1, -0.05) is 37.5 Å². The molecule has 1 aromatic heterocycles. The standard InChI is InChI=1S/C28H32N2O4/c1-19-14-25-26(34-13-7-12-33-25)15-21(19)16-29-27(31)18-30-17-23(22-10-5-6-11-24(22)30)28(32)20-8-3-2-4-9-20/h5-6,10-11,14-15,17,20H,2-4,7-9,12-13,16,18H2,1H3,(H,29,31). The van der Waals surface area contributed by atoms with E-state index in [1.54, 1.807) is 0 Å². The first kappa shape index (κ1) is 22.5. The van der Waals surface area contributed by atoms with Crippen molar-refractivity contribution >= 4 is 22.6 Å². The molecule has 6 heteroatoms. The Morgan fingerprint density at radius 2 is 1.74 bits per heavy atom. The summed E-state index contributed by atoms with van der Waals surface area (Å²) in [6.07, 6.45) is 8.12. The van der Waals surface area contributed by atoms with Crippen molar-refractivity contribution in [2.75, 3.05) is 13.2 Å². The third-order valence-electron chi connectivity index (χ3n) is 7.03. The molecule has 1 saturated carbocycles. The highest BCUT2D eigenvalue weighted by Gasteiger charge is 2.25. The number of carbonyl (C=O) groups is 2. The Morgan fingerprint density at radius 1 is 1.00 bits per heavy atom. The fourth-order valence-electron chi connectivity index (χ4n) is 5.11. The van der Waals surface area contributed by atoms with Gasteiger partial charge < -0.3 is 19.4 Å².